The number of aromatic nitrogens is 3. The van der Waals surface area contributed by atoms with Crippen LogP contribution >= 0.6 is 0 Å². The predicted octanol–water partition coefficient (Wildman–Crippen LogP) is 1.08. The summed E-state index contributed by atoms with van der Waals surface area (Å²) in [5, 5.41) is 11.6. The van der Waals surface area contributed by atoms with E-state index in [2.05, 4.69) is 55.6 Å². The van der Waals surface area contributed by atoms with E-state index in [4.69, 9.17) is 0 Å². The van der Waals surface area contributed by atoms with Crippen molar-refractivity contribution in [3.05, 3.63) is 12.2 Å². The highest BCUT2D eigenvalue weighted by Gasteiger charge is 2.25. The highest BCUT2D eigenvalue weighted by Crippen LogP contribution is 2.17. The van der Waals surface area contributed by atoms with Gasteiger partial charge in [-0.3, -0.25) is 4.99 Å². The first-order valence-corrected chi connectivity index (χ1v) is 9.26. The van der Waals surface area contributed by atoms with E-state index in [1.54, 1.807) is 6.33 Å². The highest BCUT2D eigenvalue weighted by atomic mass is 15.3. The maximum absolute atomic E-state index is 4.46. The van der Waals surface area contributed by atoms with Crippen molar-refractivity contribution in [2.45, 2.75) is 40.2 Å². The lowest BCUT2D eigenvalue weighted by Crippen LogP contribution is -2.42. The van der Waals surface area contributed by atoms with Crippen LogP contribution in [-0.4, -0.2) is 76.8 Å². The lowest BCUT2D eigenvalue weighted by atomic mass is 10.1. The second-order valence-electron chi connectivity index (χ2n) is 6.35. The third-order valence-corrected chi connectivity index (χ3v) is 4.86. The van der Waals surface area contributed by atoms with E-state index in [0.29, 0.717) is 0 Å². The Morgan fingerprint density at radius 1 is 1.38 bits per heavy atom. The minimum absolute atomic E-state index is 0.744. The number of hydrogen-bond acceptors (Lipinski definition) is 4. The van der Waals surface area contributed by atoms with E-state index in [1.807, 2.05) is 7.05 Å². The molecular formula is C17H33N7. The Hall–Kier alpha value is -1.63. The van der Waals surface area contributed by atoms with Crippen molar-refractivity contribution in [2.24, 2.45) is 10.9 Å². The molecule has 1 saturated heterocycles. The van der Waals surface area contributed by atoms with Crippen LogP contribution in [-0.2, 0) is 13.0 Å². The number of likely N-dealkylation sites (tertiary alicyclic amines) is 1. The fraction of sp³-hybridized carbons (Fsp3) is 0.824. The molecule has 1 aromatic heterocycles. The molecule has 1 aromatic rings. The van der Waals surface area contributed by atoms with E-state index in [1.165, 1.54) is 13.0 Å². The van der Waals surface area contributed by atoms with Crippen molar-refractivity contribution in [1.82, 2.24) is 29.9 Å². The van der Waals surface area contributed by atoms with E-state index in [9.17, 15) is 0 Å². The zero-order chi connectivity index (χ0) is 17.4. The molecule has 136 valence electrons. The van der Waals surface area contributed by atoms with Crippen LogP contribution in [0.25, 0.3) is 0 Å². The molecular weight excluding hydrogens is 302 g/mol. The van der Waals surface area contributed by atoms with Gasteiger partial charge in [0.2, 0.25) is 0 Å². The number of rotatable bonds is 8. The maximum Gasteiger partial charge on any atom is 0.193 e. The van der Waals surface area contributed by atoms with Gasteiger partial charge < -0.3 is 19.7 Å². The van der Waals surface area contributed by atoms with Gasteiger partial charge in [0, 0.05) is 46.2 Å². The van der Waals surface area contributed by atoms with Crippen LogP contribution in [0.5, 0.6) is 0 Å². The second-order valence-corrected chi connectivity index (χ2v) is 6.35. The maximum atomic E-state index is 4.46. The van der Waals surface area contributed by atoms with Crippen LogP contribution in [0.15, 0.2) is 11.3 Å². The van der Waals surface area contributed by atoms with Gasteiger partial charge in [0.1, 0.15) is 12.2 Å². The standard InChI is InChI=1S/C17H33N7/c1-5-16-21-20-14-24(16)11-9-19-17(18-4)23-10-8-15(13-23)12-22(6-2)7-3/h14-15H,5-13H2,1-4H3,(H,18,19). The van der Waals surface area contributed by atoms with Gasteiger partial charge in [-0.15, -0.1) is 10.2 Å². The molecule has 1 aliphatic rings. The van der Waals surface area contributed by atoms with E-state index >= 15 is 0 Å². The third-order valence-electron chi connectivity index (χ3n) is 4.86. The number of aliphatic imine (C=N–C) groups is 1. The molecule has 2 heterocycles. The Morgan fingerprint density at radius 2 is 2.17 bits per heavy atom. The summed E-state index contributed by atoms with van der Waals surface area (Å²) in [6, 6.07) is 0. The predicted molar refractivity (Wildman–Crippen MR) is 98.2 cm³/mol. The summed E-state index contributed by atoms with van der Waals surface area (Å²) < 4.78 is 2.10. The molecule has 0 bridgehead atoms. The quantitative estimate of drug-likeness (QED) is 0.569. The summed E-state index contributed by atoms with van der Waals surface area (Å²) >= 11 is 0. The van der Waals surface area contributed by atoms with Gasteiger partial charge in [-0.2, -0.15) is 0 Å². The number of hydrogen-bond donors (Lipinski definition) is 1. The fourth-order valence-electron chi connectivity index (χ4n) is 3.38. The monoisotopic (exact) mass is 335 g/mol. The van der Waals surface area contributed by atoms with Crippen LogP contribution in [0.4, 0.5) is 0 Å². The van der Waals surface area contributed by atoms with Crippen LogP contribution in [0, 0.1) is 5.92 Å². The molecule has 24 heavy (non-hydrogen) atoms. The average molecular weight is 336 g/mol. The van der Waals surface area contributed by atoms with Crippen molar-refractivity contribution >= 4 is 5.96 Å². The Bertz CT molecular complexity index is 507. The van der Waals surface area contributed by atoms with Crippen molar-refractivity contribution < 1.29 is 0 Å². The topological polar surface area (TPSA) is 61.6 Å². The molecule has 0 spiro atoms. The molecule has 0 amide bonds. The van der Waals surface area contributed by atoms with Gasteiger partial charge in [0.05, 0.1) is 0 Å². The number of nitrogens with zero attached hydrogens (tertiary/aromatic N) is 6. The Morgan fingerprint density at radius 3 is 2.83 bits per heavy atom. The average Bonchev–Trinajstić information content (AvgIpc) is 3.25. The van der Waals surface area contributed by atoms with Crippen molar-refractivity contribution in [1.29, 1.82) is 0 Å². The van der Waals surface area contributed by atoms with Gasteiger partial charge in [-0.05, 0) is 25.4 Å². The van der Waals surface area contributed by atoms with Crippen molar-refractivity contribution in [2.75, 3.05) is 46.3 Å². The molecule has 7 heteroatoms. The molecule has 7 nitrogen and oxygen atoms in total. The van der Waals surface area contributed by atoms with Crippen molar-refractivity contribution in [3.8, 4) is 0 Å². The summed E-state index contributed by atoms with van der Waals surface area (Å²) in [7, 11) is 1.87. The first-order valence-electron chi connectivity index (χ1n) is 9.26. The van der Waals surface area contributed by atoms with Crippen molar-refractivity contribution in [3.63, 3.8) is 0 Å². The molecule has 1 aliphatic heterocycles. The Balaban J connectivity index is 1.78. The largest absolute Gasteiger partial charge is 0.354 e. The van der Waals surface area contributed by atoms with Crippen LogP contribution < -0.4 is 5.32 Å². The number of nitrogens with one attached hydrogen (secondary N) is 1. The summed E-state index contributed by atoms with van der Waals surface area (Å²) in [5.74, 6) is 2.79. The fourth-order valence-corrected chi connectivity index (χ4v) is 3.38. The summed E-state index contributed by atoms with van der Waals surface area (Å²) in [6.07, 6.45) is 3.97. The molecule has 2 rings (SSSR count). The van der Waals surface area contributed by atoms with Crippen LogP contribution in [0.3, 0.4) is 0 Å². The molecule has 1 N–H and O–H groups in total. The molecule has 1 atom stereocenters. The third kappa shape index (κ3) is 4.93. The minimum Gasteiger partial charge on any atom is -0.354 e. The zero-order valence-corrected chi connectivity index (χ0v) is 15.7. The Kier molecular flexibility index (Phi) is 7.49. The number of aryl methyl sites for hydroxylation is 1. The van der Waals surface area contributed by atoms with E-state index in [0.717, 1.165) is 63.4 Å². The summed E-state index contributed by atoms with van der Waals surface area (Å²) in [6.45, 7) is 14.0. The lowest BCUT2D eigenvalue weighted by Gasteiger charge is -2.24. The van der Waals surface area contributed by atoms with Gasteiger partial charge in [-0.25, -0.2) is 0 Å². The molecule has 0 radical (unpaired) electrons. The van der Waals surface area contributed by atoms with Gasteiger partial charge in [0.25, 0.3) is 0 Å². The second kappa shape index (κ2) is 9.61. The zero-order valence-electron chi connectivity index (χ0n) is 15.7. The summed E-state index contributed by atoms with van der Waals surface area (Å²) in [4.78, 5) is 9.37. The highest BCUT2D eigenvalue weighted by molar-refractivity contribution is 5.80. The van der Waals surface area contributed by atoms with Gasteiger partial charge in [0.15, 0.2) is 5.96 Å². The van der Waals surface area contributed by atoms with E-state index < -0.39 is 0 Å². The van der Waals surface area contributed by atoms with Crippen LogP contribution in [0.2, 0.25) is 0 Å². The molecule has 0 saturated carbocycles. The first kappa shape index (κ1) is 18.7. The van der Waals surface area contributed by atoms with E-state index in [-0.39, 0.29) is 0 Å². The molecule has 1 fully saturated rings. The van der Waals surface area contributed by atoms with Gasteiger partial charge in [-0.1, -0.05) is 20.8 Å². The summed E-state index contributed by atoms with van der Waals surface area (Å²) in [5.41, 5.74) is 0. The smallest absolute Gasteiger partial charge is 0.193 e. The molecule has 0 aromatic carbocycles. The normalized spacial score (nSPS) is 18.6. The first-order chi connectivity index (χ1) is 11.7. The van der Waals surface area contributed by atoms with Crippen LogP contribution in [0.1, 0.15) is 33.0 Å². The molecule has 0 aliphatic carbocycles. The van der Waals surface area contributed by atoms with Gasteiger partial charge >= 0.3 is 0 Å². The molecule has 1 unspecified atom stereocenters. The minimum atomic E-state index is 0.744. The lowest BCUT2D eigenvalue weighted by molar-refractivity contribution is 0.255. The Labute approximate surface area is 146 Å². The number of guanidine groups is 1. The SMILES string of the molecule is CCc1nncn1CCNC(=NC)N1CCC(CN(CC)CC)C1.